The zero-order valence-corrected chi connectivity index (χ0v) is 11.5. The van der Waals surface area contributed by atoms with E-state index in [0.29, 0.717) is 23.2 Å². The summed E-state index contributed by atoms with van der Waals surface area (Å²) in [6, 6.07) is 3.63. The number of nitrogen functional groups attached to an aromatic ring is 1. The van der Waals surface area contributed by atoms with Crippen LogP contribution < -0.4 is 16.6 Å². The second kappa shape index (κ2) is 6.02. The largest absolute Gasteiger partial charge is 0.349 e. The van der Waals surface area contributed by atoms with Gasteiger partial charge in [-0.25, -0.2) is 10.8 Å². The van der Waals surface area contributed by atoms with Gasteiger partial charge in [-0.1, -0.05) is 13.8 Å². The number of hydrazine groups is 1. The highest BCUT2D eigenvalue weighted by molar-refractivity contribution is 5.94. The Bertz CT molecular complexity index is 439. The number of amides is 1. The van der Waals surface area contributed by atoms with Crippen molar-refractivity contribution in [2.75, 3.05) is 5.43 Å². The van der Waals surface area contributed by atoms with E-state index >= 15 is 0 Å². The molecular weight excluding hydrogens is 240 g/mol. The van der Waals surface area contributed by atoms with Crippen LogP contribution in [0.5, 0.6) is 0 Å². The first kappa shape index (κ1) is 13.8. The van der Waals surface area contributed by atoms with Crippen molar-refractivity contribution in [3.8, 4) is 0 Å². The average Bonchev–Trinajstić information content (AvgIpc) is 2.37. The lowest BCUT2D eigenvalue weighted by Crippen LogP contribution is -2.40. The number of anilines is 1. The molecule has 1 saturated carbocycles. The number of nitrogens with zero attached hydrogens (tertiary/aromatic N) is 1. The van der Waals surface area contributed by atoms with Gasteiger partial charge in [0, 0.05) is 17.8 Å². The van der Waals surface area contributed by atoms with Crippen LogP contribution in [0.3, 0.4) is 0 Å². The fourth-order valence-electron chi connectivity index (χ4n) is 2.98. The fraction of sp³-hybridized carbons (Fsp3) is 0.571. The molecule has 1 aliphatic rings. The lowest BCUT2D eigenvalue weighted by molar-refractivity contribution is 0.0911. The maximum absolute atomic E-state index is 12.2. The molecule has 1 heterocycles. The van der Waals surface area contributed by atoms with Gasteiger partial charge in [-0.15, -0.1) is 0 Å². The van der Waals surface area contributed by atoms with E-state index in [9.17, 15) is 4.79 Å². The quantitative estimate of drug-likeness (QED) is 0.574. The van der Waals surface area contributed by atoms with Crippen molar-refractivity contribution in [1.82, 2.24) is 10.3 Å². The van der Waals surface area contributed by atoms with Gasteiger partial charge in [0.25, 0.3) is 5.91 Å². The second-order valence-corrected chi connectivity index (χ2v) is 5.66. The lowest BCUT2D eigenvalue weighted by Gasteiger charge is -2.32. The van der Waals surface area contributed by atoms with Crippen molar-refractivity contribution in [2.45, 2.75) is 39.2 Å². The normalized spacial score (nSPS) is 26.8. The first-order chi connectivity index (χ1) is 9.08. The molecule has 1 amide bonds. The maximum Gasteiger partial charge on any atom is 0.251 e. The molecule has 0 aliphatic heterocycles. The van der Waals surface area contributed by atoms with Gasteiger partial charge in [0.15, 0.2) is 0 Å². The Labute approximate surface area is 114 Å². The van der Waals surface area contributed by atoms with Crippen LogP contribution in [-0.2, 0) is 0 Å². The van der Waals surface area contributed by atoms with Crippen molar-refractivity contribution < 1.29 is 4.79 Å². The van der Waals surface area contributed by atoms with Crippen LogP contribution in [0.1, 0.15) is 43.5 Å². The van der Waals surface area contributed by atoms with Crippen LogP contribution in [0.2, 0.25) is 0 Å². The second-order valence-electron chi connectivity index (χ2n) is 5.66. The smallest absolute Gasteiger partial charge is 0.251 e. The van der Waals surface area contributed by atoms with Crippen molar-refractivity contribution in [1.29, 1.82) is 0 Å². The summed E-state index contributed by atoms with van der Waals surface area (Å²) < 4.78 is 0. The highest BCUT2D eigenvalue weighted by Gasteiger charge is 2.25. The number of pyridine rings is 1. The molecule has 1 aromatic rings. The molecule has 2 unspecified atom stereocenters. The van der Waals surface area contributed by atoms with Crippen LogP contribution in [-0.4, -0.2) is 16.9 Å². The zero-order valence-electron chi connectivity index (χ0n) is 11.5. The predicted molar refractivity (Wildman–Crippen MR) is 75.5 cm³/mol. The van der Waals surface area contributed by atoms with E-state index in [0.717, 1.165) is 12.8 Å². The van der Waals surface area contributed by atoms with E-state index < -0.39 is 0 Å². The molecule has 104 valence electrons. The third-order valence-electron chi connectivity index (χ3n) is 3.68. The Hall–Kier alpha value is -1.62. The van der Waals surface area contributed by atoms with Gasteiger partial charge in [-0.2, -0.15) is 0 Å². The van der Waals surface area contributed by atoms with Crippen molar-refractivity contribution in [3.63, 3.8) is 0 Å². The van der Waals surface area contributed by atoms with E-state index in [1.807, 2.05) is 0 Å². The van der Waals surface area contributed by atoms with Gasteiger partial charge in [0.1, 0.15) is 5.82 Å². The number of hydrogen-bond donors (Lipinski definition) is 3. The Morgan fingerprint density at radius 1 is 1.32 bits per heavy atom. The number of nitrogens with two attached hydrogens (primary N) is 1. The SMILES string of the molecule is CC1CC(C)CC(NC(=O)c2ccnc(NN)c2)C1. The Kier molecular flexibility index (Phi) is 4.37. The van der Waals surface area contributed by atoms with Crippen LogP contribution >= 0.6 is 0 Å². The van der Waals surface area contributed by atoms with Crippen molar-refractivity contribution in [2.24, 2.45) is 17.7 Å². The number of aromatic nitrogens is 1. The number of carbonyl (C=O) groups is 1. The van der Waals surface area contributed by atoms with Crippen LogP contribution in [0, 0.1) is 11.8 Å². The van der Waals surface area contributed by atoms with E-state index in [1.54, 1.807) is 18.3 Å². The van der Waals surface area contributed by atoms with Crippen LogP contribution in [0.15, 0.2) is 18.3 Å². The van der Waals surface area contributed by atoms with Gasteiger partial charge in [0.2, 0.25) is 0 Å². The number of rotatable bonds is 3. The first-order valence-corrected chi connectivity index (χ1v) is 6.82. The lowest BCUT2D eigenvalue weighted by atomic mass is 9.80. The van der Waals surface area contributed by atoms with E-state index in [4.69, 9.17) is 5.84 Å². The standard InChI is InChI=1S/C14H22N4O/c1-9-5-10(2)7-12(6-9)17-14(19)11-3-4-16-13(8-11)18-15/h3-4,8-10,12H,5-7,15H2,1-2H3,(H,16,18)(H,17,19). The highest BCUT2D eigenvalue weighted by Crippen LogP contribution is 2.28. The minimum atomic E-state index is -0.0507. The molecule has 2 rings (SSSR count). The molecule has 2 atom stereocenters. The van der Waals surface area contributed by atoms with Gasteiger partial charge in [-0.3, -0.25) is 4.79 Å². The average molecular weight is 262 g/mol. The molecule has 0 bridgehead atoms. The molecule has 0 saturated heterocycles. The topological polar surface area (TPSA) is 80.0 Å². The Balaban J connectivity index is 2.00. The van der Waals surface area contributed by atoms with Gasteiger partial charge in [-0.05, 0) is 43.2 Å². The van der Waals surface area contributed by atoms with Crippen molar-refractivity contribution >= 4 is 11.7 Å². The summed E-state index contributed by atoms with van der Waals surface area (Å²) in [6.07, 6.45) is 4.95. The third kappa shape index (κ3) is 3.67. The van der Waals surface area contributed by atoms with Gasteiger partial charge in [0.05, 0.1) is 0 Å². The molecule has 1 aromatic heterocycles. The minimum Gasteiger partial charge on any atom is -0.349 e. The first-order valence-electron chi connectivity index (χ1n) is 6.82. The van der Waals surface area contributed by atoms with Crippen molar-refractivity contribution in [3.05, 3.63) is 23.9 Å². The summed E-state index contributed by atoms with van der Waals surface area (Å²) in [5, 5.41) is 3.11. The molecule has 1 fully saturated rings. The van der Waals surface area contributed by atoms with Gasteiger partial charge < -0.3 is 10.7 Å². The minimum absolute atomic E-state index is 0.0507. The molecule has 0 radical (unpaired) electrons. The summed E-state index contributed by atoms with van der Waals surface area (Å²) in [4.78, 5) is 16.2. The molecule has 4 N–H and O–H groups in total. The maximum atomic E-state index is 12.2. The summed E-state index contributed by atoms with van der Waals surface area (Å²) in [7, 11) is 0. The summed E-state index contributed by atoms with van der Waals surface area (Å²) in [6.45, 7) is 4.50. The molecule has 19 heavy (non-hydrogen) atoms. The Morgan fingerprint density at radius 2 is 2.00 bits per heavy atom. The Morgan fingerprint density at radius 3 is 2.63 bits per heavy atom. The van der Waals surface area contributed by atoms with Gasteiger partial charge >= 0.3 is 0 Å². The summed E-state index contributed by atoms with van der Waals surface area (Å²) in [5.74, 6) is 7.09. The fourth-order valence-corrected chi connectivity index (χ4v) is 2.98. The molecule has 0 spiro atoms. The molecule has 1 aliphatic carbocycles. The summed E-state index contributed by atoms with van der Waals surface area (Å²) in [5.41, 5.74) is 3.04. The molecule has 0 aromatic carbocycles. The molecule has 5 nitrogen and oxygen atoms in total. The zero-order chi connectivity index (χ0) is 13.8. The van der Waals surface area contributed by atoms with E-state index in [2.05, 4.69) is 29.6 Å². The highest BCUT2D eigenvalue weighted by atomic mass is 16.1. The third-order valence-corrected chi connectivity index (χ3v) is 3.68. The van der Waals surface area contributed by atoms with E-state index in [-0.39, 0.29) is 11.9 Å². The molecule has 5 heteroatoms. The predicted octanol–water partition coefficient (Wildman–Crippen LogP) is 1.92. The van der Waals surface area contributed by atoms with E-state index in [1.165, 1.54) is 6.42 Å². The number of hydrogen-bond acceptors (Lipinski definition) is 4. The number of nitrogens with one attached hydrogen (secondary N) is 2. The summed E-state index contributed by atoms with van der Waals surface area (Å²) >= 11 is 0. The number of carbonyl (C=O) groups excluding carboxylic acids is 1. The van der Waals surface area contributed by atoms with Crippen LogP contribution in [0.25, 0.3) is 0 Å². The molecular formula is C14H22N4O. The monoisotopic (exact) mass is 262 g/mol. The van der Waals surface area contributed by atoms with Crippen LogP contribution in [0.4, 0.5) is 5.82 Å².